The molecule has 0 saturated heterocycles. The predicted molar refractivity (Wildman–Crippen MR) is 114 cm³/mol. The second-order valence-electron chi connectivity index (χ2n) is 6.47. The van der Waals surface area contributed by atoms with Crippen LogP contribution in [-0.2, 0) is 13.0 Å². The molecule has 0 bridgehead atoms. The number of nitrogens with zero attached hydrogens (tertiary/aromatic N) is 1. The Bertz CT molecular complexity index is 1030. The molecule has 0 radical (unpaired) electrons. The lowest BCUT2D eigenvalue weighted by atomic mass is 10.1. The number of hydrogen-bond donors (Lipinski definition) is 2. The first-order valence-corrected chi connectivity index (χ1v) is 9.61. The Hall–Kier alpha value is -3.09. The van der Waals surface area contributed by atoms with Crippen LogP contribution in [0.15, 0.2) is 73.1 Å². The Balaban J connectivity index is 2.06. The van der Waals surface area contributed by atoms with Crippen LogP contribution in [0.5, 0.6) is 0 Å². The fourth-order valence-electron chi connectivity index (χ4n) is 2.85. The largest absolute Gasteiger partial charge is 0.867 e. The van der Waals surface area contributed by atoms with Crippen molar-refractivity contribution in [3.05, 3.63) is 95.6 Å². The van der Waals surface area contributed by atoms with Crippen molar-refractivity contribution >= 4 is 34.3 Å². The molecule has 0 amide bonds. The molecule has 4 nitrogen and oxygen atoms in total. The smallest absolute Gasteiger partial charge is 0.238 e. The lowest BCUT2D eigenvalue weighted by Gasteiger charge is -2.17. The van der Waals surface area contributed by atoms with Gasteiger partial charge in [-0.2, -0.15) is 4.57 Å². The molecule has 1 aromatic heterocycles. The number of aromatic nitrogens is 1. The van der Waals surface area contributed by atoms with E-state index in [9.17, 15) is 14.6 Å². The third kappa shape index (κ3) is 5.04. The first kappa shape index (κ1) is 20.6. The van der Waals surface area contributed by atoms with Crippen LogP contribution in [0.3, 0.4) is 0 Å². The van der Waals surface area contributed by atoms with Crippen LogP contribution in [-0.4, -0.2) is 10.1 Å². The van der Waals surface area contributed by atoms with E-state index < -0.39 is 0 Å². The van der Waals surface area contributed by atoms with Crippen molar-refractivity contribution in [3.8, 4) is 0 Å². The molecule has 0 unspecified atom stereocenters. The number of rotatable bonds is 6. The highest BCUT2D eigenvalue weighted by atomic mass is 32.1. The maximum absolute atomic E-state index is 13.3. The second-order valence-corrected chi connectivity index (χ2v) is 6.88. The fraction of sp³-hybridized carbons (Fsp3) is 0.130. The minimum atomic E-state index is -0.359. The zero-order chi connectivity index (χ0) is 20.8. The average molecular weight is 408 g/mol. The number of benzene rings is 2. The third-order valence-electron chi connectivity index (χ3n) is 4.46. The summed E-state index contributed by atoms with van der Waals surface area (Å²) in [5.41, 5.74) is 3.09. The first-order chi connectivity index (χ1) is 14.0. The van der Waals surface area contributed by atoms with E-state index in [4.69, 9.17) is 12.2 Å². The predicted octanol–water partition coefficient (Wildman–Crippen LogP) is 3.29. The maximum Gasteiger partial charge on any atom is 0.238 e. The van der Waals surface area contributed by atoms with Gasteiger partial charge in [0.25, 0.3) is 0 Å². The van der Waals surface area contributed by atoms with Crippen molar-refractivity contribution in [2.24, 2.45) is 0 Å². The summed E-state index contributed by atoms with van der Waals surface area (Å²) in [6, 6.07) is 16.6. The van der Waals surface area contributed by atoms with Gasteiger partial charge in [-0.15, -0.1) is 0 Å². The lowest BCUT2D eigenvalue weighted by molar-refractivity contribution is -0.578. The highest BCUT2D eigenvalue weighted by molar-refractivity contribution is 7.81. The summed E-state index contributed by atoms with van der Waals surface area (Å²) in [6.07, 6.45) is 4.24. The minimum absolute atomic E-state index is 0.161. The van der Waals surface area contributed by atoms with Gasteiger partial charge in [0.1, 0.15) is 5.82 Å². The molecule has 2 aromatic carbocycles. The number of hydrogen-bond acceptors (Lipinski definition) is 3. The molecule has 1 heterocycles. The number of aryl methyl sites for hydroxylation is 1. The van der Waals surface area contributed by atoms with Gasteiger partial charge >= 0.3 is 0 Å². The van der Waals surface area contributed by atoms with E-state index in [1.54, 1.807) is 53.4 Å². The summed E-state index contributed by atoms with van der Waals surface area (Å²) < 4.78 is 14.8. The van der Waals surface area contributed by atoms with Crippen molar-refractivity contribution in [1.82, 2.24) is 0 Å². The summed E-state index contributed by atoms with van der Waals surface area (Å²) in [5, 5.41) is 25.8. The van der Waals surface area contributed by atoms with Gasteiger partial charge in [-0.05, 0) is 53.6 Å². The van der Waals surface area contributed by atoms with Gasteiger partial charge in [-0.1, -0.05) is 43.4 Å². The molecule has 0 spiro atoms. The highest BCUT2D eigenvalue weighted by Crippen LogP contribution is 2.18. The lowest BCUT2D eigenvalue weighted by Crippen LogP contribution is -2.40. The summed E-state index contributed by atoms with van der Waals surface area (Å²) in [6.45, 7) is 1.89. The van der Waals surface area contributed by atoms with Crippen LogP contribution >= 0.6 is 12.2 Å². The van der Waals surface area contributed by atoms with Crippen LogP contribution in [0.25, 0.3) is 11.5 Å². The molecule has 29 heavy (non-hydrogen) atoms. The number of nitrogens with one attached hydrogen (secondary N) is 1. The van der Waals surface area contributed by atoms with Crippen molar-refractivity contribution in [2.75, 3.05) is 5.32 Å². The van der Waals surface area contributed by atoms with Gasteiger partial charge in [-0.25, -0.2) is 4.39 Å². The Morgan fingerprint density at radius 1 is 1.07 bits per heavy atom. The van der Waals surface area contributed by atoms with Gasteiger partial charge < -0.3 is 15.5 Å². The summed E-state index contributed by atoms with van der Waals surface area (Å²) >= 11 is 5.53. The molecule has 0 fully saturated rings. The quantitative estimate of drug-likeness (QED) is 0.284. The van der Waals surface area contributed by atoms with E-state index in [2.05, 4.69) is 5.32 Å². The van der Waals surface area contributed by atoms with Crippen LogP contribution < -0.4 is 15.0 Å². The number of pyridine rings is 1. The summed E-state index contributed by atoms with van der Waals surface area (Å²) in [5.74, 6) is -0.616. The first-order valence-electron chi connectivity index (χ1n) is 9.20. The molecular formula is C23H21FN2O2S. The normalized spacial score (nSPS) is 11.7. The monoisotopic (exact) mass is 408 g/mol. The third-order valence-corrected chi connectivity index (χ3v) is 4.75. The van der Waals surface area contributed by atoms with E-state index in [1.165, 1.54) is 12.1 Å². The molecule has 2 N–H and O–H groups in total. The Morgan fingerprint density at radius 3 is 2.38 bits per heavy atom. The van der Waals surface area contributed by atoms with Gasteiger partial charge in [0, 0.05) is 17.3 Å². The molecule has 3 rings (SSSR count). The van der Waals surface area contributed by atoms with Gasteiger partial charge in [0.05, 0.1) is 6.61 Å². The summed E-state index contributed by atoms with van der Waals surface area (Å²) in [7, 11) is 0. The van der Waals surface area contributed by atoms with E-state index in [1.807, 2.05) is 19.1 Å². The van der Waals surface area contributed by atoms with E-state index in [0.29, 0.717) is 16.8 Å². The number of aliphatic hydroxyl groups excluding tert-OH is 1. The van der Waals surface area contributed by atoms with Crippen LogP contribution in [0.1, 0.15) is 23.6 Å². The Kier molecular flexibility index (Phi) is 6.69. The van der Waals surface area contributed by atoms with E-state index in [0.717, 1.165) is 12.0 Å². The number of aliphatic hydroxyl groups is 1. The van der Waals surface area contributed by atoms with Crippen LogP contribution in [0.2, 0.25) is 0 Å². The fourth-order valence-corrected chi connectivity index (χ4v) is 3.16. The van der Waals surface area contributed by atoms with Crippen LogP contribution in [0.4, 0.5) is 10.1 Å². The molecule has 148 valence electrons. The minimum Gasteiger partial charge on any atom is -0.867 e. The number of thiocarbonyl (C=S) groups is 1. The van der Waals surface area contributed by atoms with Gasteiger partial charge in [0.15, 0.2) is 17.4 Å². The van der Waals surface area contributed by atoms with Crippen LogP contribution in [0, 0.1) is 5.82 Å². The number of anilines is 1. The maximum atomic E-state index is 13.3. The Morgan fingerprint density at radius 2 is 1.76 bits per heavy atom. The van der Waals surface area contributed by atoms with Gasteiger partial charge in [-0.3, -0.25) is 0 Å². The SMILES string of the molecule is CCc1ccc(C([O-])=C(C(=S)Nc2ccc(F)cc2)[n+]2cccc(CO)c2)cc1. The van der Waals surface area contributed by atoms with E-state index in [-0.39, 0.29) is 28.9 Å². The van der Waals surface area contributed by atoms with Gasteiger partial charge in [0.2, 0.25) is 5.70 Å². The molecular weight excluding hydrogens is 387 g/mol. The molecule has 3 aromatic rings. The average Bonchev–Trinajstić information content (AvgIpc) is 2.75. The van der Waals surface area contributed by atoms with Crippen molar-refractivity contribution < 1.29 is 19.2 Å². The van der Waals surface area contributed by atoms with Crippen molar-refractivity contribution in [1.29, 1.82) is 0 Å². The zero-order valence-electron chi connectivity index (χ0n) is 15.9. The zero-order valence-corrected chi connectivity index (χ0v) is 16.7. The standard InChI is InChI=1S/C23H21FN2O2S/c1-2-16-5-7-18(8-6-16)22(28)21(26-13-3-4-17(14-26)15-27)23(29)25-20-11-9-19(24)10-12-20/h3-14,27H,2,15H2,1H3,(H-,25,28,29). The molecule has 0 atom stereocenters. The summed E-state index contributed by atoms with van der Waals surface area (Å²) in [4.78, 5) is 0.196. The van der Waals surface area contributed by atoms with Crippen molar-refractivity contribution in [2.45, 2.75) is 20.0 Å². The molecule has 6 heteroatoms. The molecule has 0 aliphatic heterocycles. The Labute approximate surface area is 174 Å². The highest BCUT2D eigenvalue weighted by Gasteiger charge is 2.19. The van der Waals surface area contributed by atoms with E-state index >= 15 is 0 Å². The second kappa shape index (κ2) is 9.41. The molecule has 0 aliphatic rings. The molecule has 0 saturated carbocycles. The topological polar surface area (TPSA) is 59.2 Å². The van der Waals surface area contributed by atoms with Crippen molar-refractivity contribution in [3.63, 3.8) is 0 Å². The molecule has 0 aliphatic carbocycles. The number of halogens is 1.